The van der Waals surface area contributed by atoms with Gasteiger partial charge in [-0.05, 0) is 57.2 Å². The van der Waals surface area contributed by atoms with Crippen LogP contribution < -0.4 is 5.32 Å². The first-order chi connectivity index (χ1) is 12.9. The summed E-state index contributed by atoms with van der Waals surface area (Å²) >= 11 is 0. The number of hydrogen-bond donors (Lipinski definition) is 1. The molecule has 1 N–H and O–H groups in total. The summed E-state index contributed by atoms with van der Waals surface area (Å²) in [5.74, 6) is -0.580. The Kier molecular flexibility index (Phi) is 6.88. The van der Waals surface area contributed by atoms with E-state index in [1.54, 1.807) is 0 Å². The van der Waals surface area contributed by atoms with Crippen LogP contribution in [0.4, 0.5) is 0 Å². The van der Waals surface area contributed by atoms with Gasteiger partial charge in [0.1, 0.15) is 0 Å². The highest BCUT2D eigenvalue weighted by molar-refractivity contribution is 7.89. The van der Waals surface area contributed by atoms with E-state index in [4.69, 9.17) is 4.74 Å². The van der Waals surface area contributed by atoms with Gasteiger partial charge < -0.3 is 10.1 Å². The van der Waals surface area contributed by atoms with Crippen molar-refractivity contribution in [2.75, 3.05) is 19.7 Å². The summed E-state index contributed by atoms with van der Waals surface area (Å²) < 4.78 is 32.5. The van der Waals surface area contributed by atoms with E-state index in [1.165, 1.54) is 28.6 Å². The molecule has 0 spiro atoms. The third-order valence-corrected chi connectivity index (χ3v) is 6.22. The second-order valence-corrected chi connectivity index (χ2v) is 10.6. The molecule has 7 nitrogen and oxygen atoms in total. The summed E-state index contributed by atoms with van der Waals surface area (Å²) in [4.78, 5) is 24.1. The normalized spacial score (nSPS) is 21.2. The average Bonchev–Trinajstić information content (AvgIpc) is 2.57. The van der Waals surface area contributed by atoms with Crippen LogP contribution in [-0.4, -0.2) is 49.8 Å². The molecule has 0 bridgehead atoms. The minimum Gasteiger partial charge on any atom is -0.452 e. The molecule has 2 atom stereocenters. The SMILES string of the molecule is CC1CC(C)CN(S(=O)(=O)c2cccc(C(=O)OCC(=O)NC(C)(C)C)c2)C1. The highest BCUT2D eigenvalue weighted by atomic mass is 32.2. The molecule has 1 aromatic rings. The Labute approximate surface area is 167 Å². The van der Waals surface area contributed by atoms with Crippen molar-refractivity contribution >= 4 is 21.9 Å². The lowest BCUT2D eigenvalue weighted by Gasteiger charge is -2.34. The third kappa shape index (κ3) is 6.04. The summed E-state index contributed by atoms with van der Waals surface area (Å²) in [6, 6.07) is 5.77. The molecule has 1 heterocycles. The van der Waals surface area contributed by atoms with Gasteiger partial charge in [0.15, 0.2) is 6.61 Å². The summed E-state index contributed by atoms with van der Waals surface area (Å²) in [6.07, 6.45) is 0.995. The number of rotatable bonds is 5. The fourth-order valence-corrected chi connectivity index (χ4v) is 5.13. The first kappa shape index (κ1) is 22.4. The largest absolute Gasteiger partial charge is 0.452 e. The van der Waals surface area contributed by atoms with E-state index in [0.717, 1.165) is 6.42 Å². The van der Waals surface area contributed by atoms with Crippen molar-refractivity contribution < 1.29 is 22.7 Å². The van der Waals surface area contributed by atoms with Crippen molar-refractivity contribution in [3.63, 3.8) is 0 Å². The van der Waals surface area contributed by atoms with Gasteiger partial charge in [0, 0.05) is 18.6 Å². The van der Waals surface area contributed by atoms with E-state index >= 15 is 0 Å². The maximum absolute atomic E-state index is 13.0. The van der Waals surface area contributed by atoms with Crippen LogP contribution in [0, 0.1) is 11.8 Å². The molecule has 1 amide bonds. The zero-order valence-electron chi connectivity index (χ0n) is 17.2. The Balaban J connectivity index is 2.10. The maximum atomic E-state index is 13.0. The van der Waals surface area contributed by atoms with Gasteiger partial charge >= 0.3 is 5.97 Å². The predicted molar refractivity (Wildman–Crippen MR) is 106 cm³/mol. The quantitative estimate of drug-likeness (QED) is 0.753. The van der Waals surface area contributed by atoms with Crippen LogP contribution in [0.15, 0.2) is 29.2 Å². The lowest BCUT2D eigenvalue weighted by molar-refractivity contribution is -0.125. The molecule has 1 aliphatic rings. The first-order valence-corrected chi connectivity index (χ1v) is 10.9. The molecule has 0 aromatic heterocycles. The van der Waals surface area contributed by atoms with Gasteiger partial charge in [-0.2, -0.15) is 4.31 Å². The minimum absolute atomic E-state index is 0.0578. The highest BCUT2D eigenvalue weighted by Gasteiger charge is 2.32. The van der Waals surface area contributed by atoms with Gasteiger partial charge in [-0.25, -0.2) is 13.2 Å². The van der Waals surface area contributed by atoms with Gasteiger partial charge in [-0.3, -0.25) is 4.79 Å². The number of carbonyl (C=O) groups is 2. The zero-order valence-corrected chi connectivity index (χ0v) is 18.0. The lowest BCUT2D eigenvalue weighted by Crippen LogP contribution is -2.42. The monoisotopic (exact) mass is 410 g/mol. The van der Waals surface area contributed by atoms with Crippen molar-refractivity contribution in [1.29, 1.82) is 0 Å². The number of carbonyl (C=O) groups excluding carboxylic acids is 2. The summed E-state index contributed by atoms with van der Waals surface area (Å²) in [7, 11) is -3.69. The molecule has 0 radical (unpaired) electrons. The van der Waals surface area contributed by atoms with Gasteiger partial charge in [0.25, 0.3) is 5.91 Å². The zero-order chi connectivity index (χ0) is 21.1. The standard InChI is InChI=1S/C20H30N2O5S/c1-14-9-15(2)12-22(11-14)28(25,26)17-8-6-7-16(10-17)19(24)27-13-18(23)21-20(3,4)5/h6-8,10,14-15H,9,11-13H2,1-5H3,(H,21,23). The third-order valence-electron chi connectivity index (χ3n) is 4.39. The van der Waals surface area contributed by atoms with Crippen molar-refractivity contribution in [3.05, 3.63) is 29.8 Å². The van der Waals surface area contributed by atoms with Gasteiger partial charge in [0.05, 0.1) is 10.5 Å². The molecular weight excluding hydrogens is 380 g/mol. The molecule has 1 aromatic carbocycles. The Morgan fingerprint density at radius 2 is 1.79 bits per heavy atom. The second kappa shape index (κ2) is 8.61. The number of hydrogen-bond acceptors (Lipinski definition) is 5. The number of nitrogens with one attached hydrogen (secondary N) is 1. The van der Waals surface area contributed by atoms with Crippen molar-refractivity contribution in [1.82, 2.24) is 9.62 Å². The topological polar surface area (TPSA) is 92.8 Å². The predicted octanol–water partition coefficient (Wildman–Crippen LogP) is 2.42. The molecule has 0 aliphatic carbocycles. The van der Waals surface area contributed by atoms with Crippen LogP contribution >= 0.6 is 0 Å². The van der Waals surface area contributed by atoms with E-state index in [9.17, 15) is 18.0 Å². The minimum atomic E-state index is -3.69. The molecule has 28 heavy (non-hydrogen) atoms. The van der Waals surface area contributed by atoms with Crippen molar-refractivity contribution in [2.24, 2.45) is 11.8 Å². The van der Waals surface area contributed by atoms with E-state index in [1.807, 2.05) is 34.6 Å². The van der Waals surface area contributed by atoms with E-state index < -0.39 is 34.0 Å². The Bertz CT molecular complexity index is 819. The summed E-state index contributed by atoms with van der Waals surface area (Å²) in [5.41, 5.74) is -0.331. The average molecular weight is 411 g/mol. The van der Waals surface area contributed by atoms with Crippen LogP contribution in [0.2, 0.25) is 0 Å². The van der Waals surface area contributed by atoms with E-state index in [-0.39, 0.29) is 22.3 Å². The second-order valence-electron chi connectivity index (χ2n) is 8.67. The number of benzene rings is 1. The highest BCUT2D eigenvalue weighted by Crippen LogP contribution is 2.27. The maximum Gasteiger partial charge on any atom is 0.338 e. The number of sulfonamides is 1. The fourth-order valence-electron chi connectivity index (χ4n) is 3.40. The van der Waals surface area contributed by atoms with E-state index in [2.05, 4.69) is 5.32 Å². The summed E-state index contributed by atoms with van der Waals surface area (Å²) in [6.45, 7) is 10.1. The van der Waals surface area contributed by atoms with Crippen LogP contribution in [0.3, 0.4) is 0 Å². The van der Waals surface area contributed by atoms with Gasteiger partial charge in [-0.15, -0.1) is 0 Å². The Hall–Kier alpha value is -1.93. The molecule has 1 saturated heterocycles. The van der Waals surface area contributed by atoms with Gasteiger partial charge in [-0.1, -0.05) is 19.9 Å². The van der Waals surface area contributed by atoms with Crippen molar-refractivity contribution in [2.45, 2.75) is 51.5 Å². The smallest absolute Gasteiger partial charge is 0.338 e. The molecule has 2 rings (SSSR count). The Morgan fingerprint density at radius 1 is 1.18 bits per heavy atom. The number of amides is 1. The number of nitrogens with zero attached hydrogens (tertiary/aromatic N) is 1. The van der Waals surface area contributed by atoms with Crippen molar-refractivity contribution in [3.8, 4) is 0 Å². The van der Waals surface area contributed by atoms with Crippen LogP contribution in [0.1, 0.15) is 51.4 Å². The molecule has 1 fully saturated rings. The van der Waals surface area contributed by atoms with Crippen LogP contribution in [0.5, 0.6) is 0 Å². The van der Waals surface area contributed by atoms with Gasteiger partial charge in [0.2, 0.25) is 10.0 Å². The molecule has 1 aliphatic heterocycles. The number of ether oxygens (including phenoxy) is 1. The lowest BCUT2D eigenvalue weighted by atomic mass is 9.94. The molecule has 0 saturated carbocycles. The molecule has 8 heteroatoms. The number of esters is 1. The first-order valence-electron chi connectivity index (χ1n) is 9.47. The van der Waals surface area contributed by atoms with E-state index in [0.29, 0.717) is 13.1 Å². The number of piperidine rings is 1. The molecule has 2 unspecified atom stereocenters. The fraction of sp³-hybridized carbons (Fsp3) is 0.600. The van der Waals surface area contributed by atoms with Crippen LogP contribution in [0.25, 0.3) is 0 Å². The molecule has 156 valence electrons. The summed E-state index contributed by atoms with van der Waals surface area (Å²) in [5, 5.41) is 2.69. The van der Waals surface area contributed by atoms with Crippen LogP contribution in [-0.2, 0) is 19.6 Å². The Morgan fingerprint density at radius 3 is 2.36 bits per heavy atom. The molecular formula is C20H30N2O5S.